The Morgan fingerprint density at radius 2 is 2.33 bits per heavy atom. The van der Waals surface area contributed by atoms with Crippen molar-refractivity contribution in [3.63, 3.8) is 0 Å². The first-order valence-corrected chi connectivity index (χ1v) is 6.90. The average molecular weight is 346 g/mol. The van der Waals surface area contributed by atoms with Gasteiger partial charge in [0.25, 0.3) is 0 Å². The van der Waals surface area contributed by atoms with E-state index in [2.05, 4.69) is 50.7 Å². The summed E-state index contributed by atoms with van der Waals surface area (Å²) in [6.07, 6.45) is 0. The van der Waals surface area contributed by atoms with E-state index in [4.69, 9.17) is 12.2 Å². The van der Waals surface area contributed by atoms with Crippen LogP contribution in [0.2, 0.25) is 0 Å². The van der Waals surface area contributed by atoms with Gasteiger partial charge in [-0.2, -0.15) is 0 Å². The highest BCUT2D eigenvalue weighted by Gasteiger charge is 2.29. The van der Waals surface area contributed by atoms with Crippen LogP contribution in [0.4, 0.5) is 0 Å². The lowest BCUT2D eigenvalue weighted by Crippen LogP contribution is -2.35. The Kier molecular flexibility index (Phi) is 2.48. The van der Waals surface area contributed by atoms with Crippen LogP contribution in [0.25, 0.3) is 0 Å². The topological polar surface area (TPSA) is 15.6 Å². The molecule has 0 aliphatic carbocycles. The first-order valence-electron chi connectivity index (χ1n) is 4.59. The second kappa shape index (κ2) is 3.71. The Morgan fingerprint density at radius 3 is 3.20 bits per heavy atom. The van der Waals surface area contributed by atoms with E-state index in [0.717, 1.165) is 23.2 Å². The molecule has 0 fully saturated rings. The summed E-state index contributed by atoms with van der Waals surface area (Å²) < 4.78 is 2.18. The maximum absolute atomic E-state index is 5.36. The molecule has 2 aliphatic heterocycles. The highest BCUT2D eigenvalue weighted by atomic mass is 127. The summed E-state index contributed by atoms with van der Waals surface area (Å²) >= 11 is 9.36. The van der Waals surface area contributed by atoms with E-state index >= 15 is 0 Å². The van der Waals surface area contributed by atoms with E-state index in [1.54, 1.807) is 11.8 Å². The number of halogens is 1. The fourth-order valence-electron chi connectivity index (χ4n) is 1.77. The van der Waals surface area contributed by atoms with Crippen molar-refractivity contribution in [3.05, 3.63) is 27.3 Å². The fourth-order valence-corrected chi connectivity index (χ4v) is 3.58. The molecular weight excluding hydrogens is 339 g/mol. The lowest BCUT2D eigenvalue weighted by molar-refractivity contribution is 0.685. The van der Waals surface area contributed by atoms with Crippen molar-refractivity contribution in [1.29, 1.82) is 0 Å². The second-order valence-corrected chi connectivity index (χ2v) is 6.29. The van der Waals surface area contributed by atoms with Crippen LogP contribution >= 0.6 is 46.6 Å². The van der Waals surface area contributed by atoms with Gasteiger partial charge in [0.1, 0.15) is 10.2 Å². The Bertz CT molecular complexity index is 484. The minimum atomic E-state index is 0.862. The van der Waals surface area contributed by atoms with Gasteiger partial charge in [0.05, 0.1) is 6.54 Å². The molecule has 0 aromatic heterocycles. The molecule has 0 spiro atoms. The van der Waals surface area contributed by atoms with Gasteiger partial charge < -0.3 is 4.90 Å². The molecule has 2 aliphatic rings. The minimum absolute atomic E-state index is 0.862. The molecule has 0 atom stereocenters. The number of hydrogen-bond donors (Lipinski definition) is 0. The lowest BCUT2D eigenvalue weighted by Gasteiger charge is -2.27. The molecular formula is C10H7IN2S2. The van der Waals surface area contributed by atoms with E-state index in [-0.39, 0.29) is 0 Å². The second-order valence-electron chi connectivity index (χ2n) is 3.37. The van der Waals surface area contributed by atoms with E-state index in [0.29, 0.717) is 0 Å². The van der Waals surface area contributed by atoms with Crippen LogP contribution in [0.5, 0.6) is 0 Å². The SMILES string of the molecule is S=C1Sc2ccc(I)cc2C2=NCCN12. The van der Waals surface area contributed by atoms with Crippen LogP contribution in [-0.4, -0.2) is 28.1 Å². The van der Waals surface area contributed by atoms with E-state index in [1.807, 2.05) is 0 Å². The first kappa shape index (κ1) is 10.0. The Morgan fingerprint density at radius 1 is 1.47 bits per heavy atom. The molecule has 0 unspecified atom stereocenters. The molecule has 2 heterocycles. The summed E-state index contributed by atoms with van der Waals surface area (Å²) in [6.45, 7) is 1.80. The van der Waals surface area contributed by atoms with Gasteiger partial charge in [-0.05, 0) is 40.8 Å². The number of nitrogens with zero attached hydrogens (tertiary/aromatic N) is 2. The largest absolute Gasteiger partial charge is 0.310 e. The zero-order valence-electron chi connectivity index (χ0n) is 7.74. The molecule has 0 bridgehead atoms. The van der Waals surface area contributed by atoms with Gasteiger partial charge in [0.15, 0.2) is 0 Å². The number of amidine groups is 1. The Balaban J connectivity index is 2.20. The number of aliphatic imine (C=N–C) groups is 1. The highest BCUT2D eigenvalue weighted by Crippen LogP contribution is 2.34. The number of thiocarbonyl (C=S) groups is 1. The van der Waals surface area contributed by atoms with E-state index in [1.165, 1.54) is 14.0 Å². The van der Waals surface area contributed by atoms with Gasteiger partial charge in [0.2, 0.25) is 0 Å². The lowest BCUT2D eigenvalue weighted by atomic mass is 10.2. The number of rotatable bonds is 0. The third kappa shape index (κ3) is 1.60. The van der Waals surface area contributed by atoms with E-state index in [9.17, 15) is 0 Å². The van der Waals surface area contributed by atoms with Crippen molar-refractivity contribution in [2.24, 2.45) is 4.99 Å². The third-order valence-corrected chi connectivity index (χ3v) is 4.55. The molecule has 1 aromatic carbocycles. The molecule has 0 amide bonds. The van der Waals surface area contributed by atoms with Crippen LogP contribution < -0.4 is 0 Å². The molecule has 0 saturated carbocycles. The van der Waals surface area contributed by atoms with Crippen LogP contribution in [0.15, 0.2) is 28.1 Å². The number of hydrogen-bond acceptors (Lipinski definition) is 3. The minimum Gasteiger partial charge on any atom is -0.310 e. The maximum atomic E-state index is 5.36. The molecule has 15 heavy (non-hydrogen) atoms. The van der Waals surface area contributed by atoms with E-state index < -0.39 is 0 Å². The van der Waals surface area contributed by atoms with Crippen LogP contribution in [0.1, 0.15) is 5.56 Å². The molecule has 5 heteroatoms. The molecule has 0 saturated heterocycles. The van der Waals surface area contributed by atoms with Gasteiger partial charge in [-0.3, -0.25) is 4.99 Å². The monoisotopic (exact) mass is 346 g/mol. The Hall–Kier alpha value is -0.140. The van der Waals surface area contributed by atoms with Gasteiger partial charge in [-0.15, -0.1) is 0 Å². The maximum Gasteiger partial charge on any atom is 0.146 e. The number of thioether (sulfide) groups is 1. The predicted octanol–water partition coefficient (Wildman–Crippen LogP) is 2.74. The molecule has 1 aromatic rings. The zero-order chi connectivity index (χ0) is 10.4. The van der Waals surface area contributed by atoms with Gasteiger partial charge >= 0.3 is 0 Å². The van der Waals surface area contributed by atoms with Gasteiger partial charge in [-0.25, -0.2) is 0 Å². The third-order valence-electron chi connectivity index (χ3n) is 2.44. The molecule has 2 nitrogen and oxygen atoms in total. The van der Waals surface area contributed by atoms with Crippen LogP contribution in [0, 0.1) is 3.57 Å². The van der Waals surface area contributed by atoms with Crippen LogP contribution in [0.3, 0.4) is 0 Å². The normalized spacial score (nSPS) is 18.6. The quantitative estimate of drug-likeness (QED) is 0.531. The zero-order valence-corrected chi connectivity index (χ0v) is 11.5. The average Bonchev–Trinajstić information content (AvgIpc) is 2.69. The highest BCUT2D eigenvalue weighted by molar-refractivity contribution is 14.1. The summed E-state index contributed by atoms with van der Waals surface area (Å²) in [4.78, 5) is 7.90. The summed E-state index contributed by atoms with van der Waals surface area (Å²) in [5.41, 5.74) is 1.23. The predicted molar refractivity (Wildman–Crippen MR) is 75.7 cm³/mol. The molecule has 0 radical (unpaired) electrons. The summed E-state index contributed by atoms with van der Waals surface area (Å²) in [7, 11) is 0. The molecule has 76 valence electrons. The molecule has 0 N–H and O–H groups in total. The summed E-state index contributed by atoms with van der Waals surface area (Å²) in [6, 6.07) is 6.42. The van der Waals surface area contributed by atoms with Crippen molar-refractivity contribution in [2.75, 3.05) is 13.1 Å². The van der Waals surface area contributed by atoms with Crippen molar-refractivity contribution < 1.29 is 0 Å². The summed E-state index contributed by atoms with van der Waals surface area (Å²) in [5.74, 6) is 1.06. The smallest absolute Gasteiger partial charge is 0.146 e. The van der Waals surface area contributed by atoms with Gasteiger partial charge in [-0.1, -0.05) is 24.0 Å². The van der Waals surface area contributed by atoms with Crippen molar-refractivity contribution in [2.45, 2.75) is 4.90 Å². The first-order chi connectivity index (χ1) is 7.25. The summed E-state index contributed by atoms with van der Waals surface area (Å²) in [5, 5.41) is 0. The number of fused-ring (bicyclic) bond motifs is 3. The Labute approximate surface area is 111 Å². The van der Waals surface area contributed by atoms with Crippen molar-refractivity contribution in [1.82, 2.24) is 4.90 Å². The van der Waals surface area contributed by atoms with Crippen LogP contribution in [-0.2, 0) is 0 Å². The fraction of sp³-hybridized carbons (Fsp3) is 0.200. The standard InChI is InChI=1S/C10H7IN2S2/c11-6-1-2-8-7(5-6)9-12-3-4-13(9)10(14)15-8/h1-2,5H,3-4H2. The van der Waals surface area contributed by atoms with Crippen molar-refractivity contribution >= 4 is 56.7 Å². The number of benzene rings is 1. The van der Waals surface area contributed by atoms with Gasteiger partial charge in [0, 0.05) is 20.6 Å². The van der Waals surface area contributed by atoms with Crippen molar-refractivity contribution in [3.8, 4) is 0 Å². The molecule has 3 rings (SSSR count).